The predicted molar refractivity (Wildman–Crippen MR) is 71.6 cm³/mol. The molecule has 0 aliphatic rings. The molecule has 0 fully saturated rings. The van der Waals surface area contributed by atoms with Crippen molar-refractivity contribution in [3.05, 3.63) is 40.6 Å². The van der Waals surface area contributed by atoms with Crippen molar-refractivity contribution >= 4 is 40.5 Å². The molecule has 5 nitrogen and oxygen atoms in total. The van der Waals surface area contributed by atoms with E-state index in [2.05, 4.69) is 0 Å². The standard InChI is InChI=1S/C13H10ClNO4/c1-15-11-7(3-2-4-9(11)14)8(5-6-10(16)17)12(15)13(18)19/h2-6H,1H3,(H,16,17)(H,18,19)/b6-5-. The molecule has 1 aromatic heterocycles. The third kappa shape index (κ3) is 2.20. The van der Waals surface area contributed by atoms with Crippen molar-refractivity contribution in [3.8, 4) is 0 Å². The molecule has 0 amide bonds. The highest BCUT2D eigenvalue weighted by Gasteiger charge is 2.20. The van der Waals surface area contributed by atoms with Gasteiger partial charge in [-0.05, 0) is 12.1 Å². The Morgan fingerprint density at radius 1 is 1.32 bits per heavy atom. The Balaban J connectivity index is 2.86. The molecule has 0 bridgehead atoms. The maximum absolute atomic E-state index is 11.3. The lowest BCUT2D eigenvalue weighted by Crippen LogP contribution is -2.06. The highest BCUT2D eigenvalue weighted by atomic mass is 35.5. The van der Waals surface area contributed by atoms with Gasteiger partial charge in [-0.25, -0.2) is 9.59 Å². The molecule has 1 aromatic carbocycles. The summed E-state index contributed by atoms with van der Waals surface area (Å²) in [5.74, 6) is -2.28. The van der Waals surface area contributed by atoms with E-state index in [-0.39, 0.29) is 5.69 Å². The van der Waals surface area contributed by atoms with Crippen LogP contribution < -0.4 is 0 Å². The number of aromatic carboxylic acids is 1. The first-order valence-corrected chi connectivity index (χ1v) is 5.72. The van der Waals surface area contributed by atoms with Gasteiger partial charge in [0.2, 0.25) is 0 Å². The molecule has 6 heteroatoms. The molecule has 2 N–H and O–H groups in total. The van der Waals surface area contributed by atoms with Crippen LogP contribution in [-0.2, 0) is 11.8 Å². The molecule has 0 unspecified atom stereocenters. The number of fused-ring (bicyclic) bond motifs is 1. The van der Waals surface area contributed by atoms with E-state index in [9.17, 15) is 14.7 Å². The zero-order chi connectivity index (χ0) is 14.2. The van der Waals surface area contributed by atoms with Crippen molar-refractivity contribution < 1.29 is 19.8 Å². The highest BCUT2D eigenvalue weighted by Crippen LogP contribution is 2.31. The lowest BCUT2D eigenvalue weighted by Gasteiger charge is -2.00. The van der Waals surface area contributed by atoms with Gasteiger partial charge < -0.3 is 14.8 Å². The van der Waals surface area contributed by atoms with E-state index in [1.807, 2.05) is 0 Å². The van der Waals surface area contributed by atoms with E-state index in [0.29, 0.717) is 21.5 Å². The molecule has 1 heterocycles. The van der Waals surface area contributed by atoms with E-state index >= 15 is 0 Å². The van der Waals surface area contributed by atoms with Gasteiger partial charge in [0.1, 0.15) is 5.69 Å². The number of aryl methyl sites for hydroxylation is 1. The molecule has 0 aliphatic heterocycles. The molecule has 0 atom stereocenters. The number of hydrogen-bond donors (Lipinski definition) is 2. The molecular weight excluding hydrogens is 270 g/mol. The largest absolute Gasteiger partial charge is 0.478 e. The highest BCUT2D eigenvalue weighted by molar-refractivity contribution is 6.35. The fraction of sp³-hybridized carbons (Fsp3) is 0.0769. The molecule has 0 saturated heterocycles. The van der Waals surface area contributed by atoms with Gasteiger partial charge in [0.05, 0.1) is 10.5 Å². The zero-order valence-corrected chi connectivity index (χ0v) is 10.7. The summed E-state index contributed by atoms with van der Waals surface area (Å²) in [4.78, 5) is 21.9. The van der Waals surface area contributed by atoms with Gasteiger partial charge in [0, 0.05) is 24.1 Å². The van der Waals surface area contributed by atoms with Crippen LogP contribution in [0.25, 0.3) is 17.0 Å². The fourth-order valence-corrected chi connectivity index (χ4v) is 2.38. The zero-order valence-electron chi connectivity index (χ0n) is 9.92. The Hall–Kier alpha value is -2.27. The molecule has 2 aromatic rings. The van der Waals surface area contributed by atoms with Crippen LogP contribution in [0, 0.1) is 0 Å². The second-order valence-corrected chi connectivity index (χ2v) is 4.34. The second kappa shape index (κ2) is 4.78. The normalized spacial score (nSPS) is 11.3. The summed E-state index contributed by atoms with van der Waals surface area (Å²) in [5, 5.41) is 18.9. The van der Waals surface area contributed by atoms with Crippen LogP contribution in [0.5, 0.6) is 0 Å². The minimum atomic E-state index is -1.14. The van der Waals surface area contributed by atoms with Crippen molar-refractivity contribution in [3.63, 3.8) is 0 Å². The van der Waals surface area contributed by atoms with Crippen LogP contribution in [0.4, 0.5) is 0 Å². The number of nitrogens with zero attached hydrogens (tertiary/aromatic N) is 1. The van der Waals surface area contributed by atoms with Gasteiger partial charge >= 0.3 is 11.9 Å². The van der Waals surface area contributed by atoms with E-state index in [1.54, 1.807) is 25.2 Å². The molecule has 2 rings (SSSR count). The Morgan fingerprint density at radius 2 is 2.00 bits per heavy atom. The number of aliphatic carboxylic acids is 1. The second-order valence-electron chi connectivity index (χ2n) is 3.93. The SMILES string of the molecule is Cn1c(C(=O)O)c(/C=C\C(=O)O)c2cccc(Cl)c21. The first-order valence-electron chi connectivity index (χ1n) is 5.34. The number of hydrogen-bond acceptors (Lipinski definition) is 2. The fourth-order valence-electron chi connectivity index (χ4n) is 2.08. The van der Waals surface area contributed by atoms with Gasteiger partial charge in [-0.1, -0.05) is 23.7 Å². The maximum atomic E-state index is 11.3. The average molecular weight is 280 g/mol. The number of aromatic nitrogens is 1. The van der Waals surface area contributed by atoms with Gasteiger partial charge in [-0.3, -0.25) is 0 Å². The van der Waals surface area contributed by atoms with E-state index in [1.165, 1.54) is 10.6 Å². The van der Waals surface area contributed by atoms with Gasteiger partial charge in [-0.2, -0.15) is 0 Å². The van der Waals surface area contributed by atoms with Gasteiger partial charge in [0.25, 0.3) is 0 Å². The molecule has 0 radical (unpaired) electrons. The van der Waals surface area contributed by atoms with E-state index in [4.69, 9.17) is 16.7 Å². The number of para-hydroxylation sites is 1. The first kappa shape index (κ1) is 13.2. The molecule has 0 saturated carbocycles. The monoisotopic (exact) mass is 279 g/mol. The Morgan fingerprint density at radius 3 is 2.58 bits per heavy atom. The van der Waals surface area contributed by atoms with Crippen molar-refractivity contribution in [1.29, 1.82) is 0 Å². The summed E-state index contributed by atoms with van der Waals surface area (Å²) in [5.41, 5.74) is 0.891. The topological polar surface area (TPSA) is 79.5 Å². The number of benzene rings is 1. The number of carboxylic acid groups (broad SMARTS) is 2. The summed E-state index contributed by atoms with van der Waals surface area (Å²) in [6.07, 6.45) is 2.17. The molecule has 0 spiro atoms. The van der Waals surface area contributed by atoms with Crippen LogP contribution in [0.1, 0.15) is 16.1 Å². The number of rotatable bonds is 3. The lowest BCUT2D eigenvalue weighted by atomic mass is 10.1. The van der Waals surface area contributed by atoms with Gasteiger partial charge in [-0.15, -0.1) is 0 Å². The number of halogens is 1. The van der Waals surface area contributed by atoms with Crippen molar-refractivity contribution in [2.75, 3.05) is 0 Å². The molecular formula is C13H10ClNO4. The number of carbonyl (C=O) groups is 2. The minimum absolute atomic E-state index is 0.000556. The third-order valence-corrected chi connectivity index (χ3v) is 3.10. The van der Waals surface area contributed by atoms with Crippen molar-refractivity contribution in [2.24, 2.45) is 7.05 Å². The lowest BCUT2D eigenvalue weighted by molar-refractivity contribution is -0.131. The van der Waals surface area contributed by atoms with Crippen LogP contribution in [0.2, 0.25) is 5.02 Å². The summed E-state index contributed by atoms with van der Waals surface area (Å²) in [6.45, 7) is 0. The molecule has 98 valence electrons. The molecule has 0 aliphatic carbocycles. The number of carboxylic acids is 2. The van der Waals surface area contributed by atoms with Crippen LogP contribution >= 0.6 is 11.6 Å². The summed E-state index contributed by atoms with van der Waals surface area (Å²) in [7, 11) is 1.58. The minimum Gasteiger partial charge on any atom is -0.478 e. The van der Waals surface area contributed by atoms with Gasteiger partial charge in [0.15, 0.2) is 0 Å². The van der Waals surface area contributed by atoms with Crippen LogP contribution in [0.3, 0.4) is 0 Å². The third-order valence-electron chi connectivity index (χ3n) is 2.80. The average Bonchev–Trinajstić information content (AvgIpc) is 2.61. The molecule has 19 heavy (non-hydrogen) atoms. The van der Waals surface area contributed by atoms with E-state index < -0.39 is 11.9 Å². The first-order chi connectivity index (χ1) is 8.93. The Bertz CT molecular complexity index is 715. The Kier molecular flexibility index (Phi) is 3.31. The van der Waals surface area contributed by atoms with Crippen molar-refractivity contribution in [1.82, 2.24) is 4.57 Å². The van der Waals surface area contributed by atoms with E-state index in [0.717, 1.165) is 6.08 Å². The predicted octanol–water partition coefficient (Wildman–Crippen LogP) is 2.63. The quantitative estimate of drug-likeness (QED) is 0.847. The summed E-state index contributed by atoms with van der Waals surface area (Å²) < 4.78 is 1.45. The van der Waals surface area contributed by atoms with Crippen molar-refractivity contribution in [2.45, 2.75) is 0 Å². The smallest absolute Gasteiger partial charge is 0.353 e. The van der Waals surface area contributed by atoms with Crippen LogP contribution in [-0.4, -0.2) is 26.7 Å². The Labute approximate surface area is 113 Å². The summed E-state index contributed by atoms with van der Waals surface area (Å²) >= 11 is 6.06. The maximum Gasteiger partial charge on any atom is 0.353 e. The summed E-state index contributed by atoms with van der Waals surface area (Å²) in [6, 6.07) is 5.05. The van der Waals surface area contributed by atoms with Crippen LogP contribution in [0.15, 0.2) is 24.3 Å².